The predicted molar refractivity (Wildman–Crippen MR) is 58.2 cm³/mol. The van der Waals surface area contributed by atoms with Crippen molar-refractivity contribution in [3.8, 4) is 0 Å². The van der Waals surface area contributed by atoms with E-state index in [0.29, 0.717) is 0 Å². The number of aromatic nitrogens is 4. The topological polar surface area (TPSA) is 66.5 Å². The average Bonchev–Trinajstić information content (AvgIpc) is 2.70. The van der Waals surface area contributed by atoms with Gasteiger partial charge in [0.25, 0.3) is 0 Å². The molecule has 2 N–H and O–H groups in total. The summed E-state index contributed by atoms with van der Waals surface area (Å²) < 4.78 is 0. The van der Waals surface area contributed by atoms with Crippen molar-refractivity contribution < 1.29 is 0 Å². The summed E-state index contributed by atoms with van der Waals surface area (Å²) in [6, 6.07) is 0.183. The van der Waals surface area contributed by atoms with Gasteiger partial charge in [-0.15, -0.1) is 10.2 Å². The van der Waals surface area contributed by atoms with Crippen molar-refractivity contribution >= 4 is 11.8 Å². The van der Waals surface area contributed by atoms with E-state index in [-0.39, 0.29) is 6.04 Å². The van der Waals surface area contributed by atoms with E-state index in [0.717, 1.165) is 12.4 Å². The number of hydrogen-bond donors (Lipinski definition) is 2. The van der Waals surface area contributed by atoms with Crippen LogP contribution in [0.4, 0.5) is 0 Å². The molecular weight excluding hydrogens is 198 g/mol. The zero-order valence-electron chi connectivity index (χ0n) is 8.66. The quantitative estimate of drug-likeness (QED) is 0.664. The molecule has 0 spiro atoms. The number of aromatic amines is 1. The second-order valence-corrected chi connectivity index (χ2v) is 4.13. The summed E-state index contributed by atoms with van der Waals surface area (Å²) in [5.41, 5.74) is 0. The Labute approximate surface area is 88.4 Å². The summed E-state index contributed by atoms with van der Waals surface area (Å²) in [7, 11) is 0. The van der Waals surface area contributed by atoms with Crippen LogP contribution in [0.5, 0.6) is 0 Å². The number of nitrogens with zero attached hydrogens (tertiary/aromatic N) is 3. The first kappa shape index (κ1) is 11.5. The molecule has 0 fully saturated rings. The molecule has 1 atom stereocenters. The van der Waals surface area contributed by atoms with Gasteiger partial charge in [-0.2, -0.15) is 17.0 Å². The third kappa shape index (κ3) is 4.06. The number of unbranched alkanes of at least 4 members (excludes halogenated alkanes) is 1. The highest BCUT2D eigenvalue weighted by atomic mass is 32.2. The first-order chi connectivity index (χ1) is 6.84. The van der Waals surface area contributed by atoms with Crippen LogP contribution in [0.3, 0.4) is 0 Å². The number of rotatable bonds is 7. The second-order valence-electron chi connectivity index (χ2n) is 3.15. The van der Waals surface area contributed by atoms with E-state index in [9.17, 15) is 0 Å². The first-order valence-electron chi connectivity index (χ1n) is 4.80. The molecule has 0 radical (unpaired) electrons. The Morgan fingerprint density at radius 2 is 2.36 bits per heavy atom. The lowest BCUT2D eigenvalue weighted by Gasteiger charge is -2.08. The highest BCUT2D eigenvalue weighted by Crippen LogP contribution is 2.04. The Hall–Kier alpha value is -0.620. The molecule has 1 aromatic heterocycles. The minimum absolute atomic E-state index is 0.183. The maximum absolute atomic E-state index is 3.92. The lowest BCUT2D eigenvalue weighted by molar-refractivity contribution is 0.533. The monoisotopic (exact) mass is 215 g/mol. The van der Waals surface area contributed by atoms with Crippen molar-refractivity contribution in [2.45, 2.75) is 25.8 Å². The van der Waals surface area contributed by atoms with E-state index in [1.54, 1.807) is 0 Å². The smallest absolute Gasteiger partial charge is 0.191 e. The van der Waals surface area contributed by atoms with Gasteiger partial charge >= 0.3 is 0 Å². The van der Waals surface area contributed by atoms with E-state index >= 15 is 0 Å². The fourth-order valence-electron chi connectivity index (χ4n) is 1.13. The van der Waals surface area contributed by atoms with Crippen molar-refractivity contribution in [3.63, 3.8) is 0 Å². The standard InChI is InChI=1S/C8H17N5S/c1-7(8-10-12-13-11-8)9-5-3-4-6-14-2/h7,9H,3-6H2,1-2H3,(H,10,11,12,13). The molecule has 14 heavy (non-hydrogen) atoms. The van der Waals surface area contributed by atoms with Crippen LogP contribution in [0.25, 0.3) is 0 Å². The number of hydrogen-bond acceptors (Lipinski definition) is 5. The molecule has 1 unspecified atom stereocenters. The molecule has 0 aliphatic heterocycles. The van der Waals surface area contributed by atoms with Gasteiger partial charge in [0.15, 0.2) is 5.82 Å². The van der Waals surface area contributed by atoms with Gasteiger partial charge in [0, 0.05) is 0 Å². The van der Waals surface area contributed by atoms with E-state index in [1.165, 1.54) is 18.6 Å². The zero-order chi connectivity index (χ0) is 10.2. The molecule has 1 rings (SSSR count). The number of H-pyrrole nitrogens is 1. The van der Waals surface area contributed by atoms with Crippen LogP contribution in [-0.2, 0) is 0 Å². The maximum atomic E-state index is 3.92. The first-order valence-corrected chi connectivity index (χ1v) is 6.19. The number of thioether (sulfide) groups is 1. The minimum atomic E-state index is 0.183. The molecule has 0 saturated heterocycles. The lowest BCUT2D eigenvalue weighted by Crippen LogP contribution is -2.21. The summed E-state index contributed by atoms with van der Waals surface area (Å²) in [5, 5.41) is 17.2. The van der Waals surface area contributed by atoms with Crippen LogP contribution in [0, 0.1) is 0 Å². The van der Waals surface area contributed by atoms with E-state index < -0.39 is 0 Å². The summed E-state index contributed by atoms with van der Waals surface area (Å²) >= 11 is 1.89. The lowest BCUT2D eigenvalue weighted by atomic mass is 10.3. The van der Waals surface area contributed by atoms with Crippen molar-refractivity contribution in [1.29, 1.82) is 0 Å². The Bertz CT molecular complexity index is 226. The number of nitrogens with one attached hydrogen (secondary N) is 2. The van der Waals surface area contributed by atoms with Crippen LogP contribution < -0.4 is 5.32 Å². The van der Waals surface area contributed by atoms with Crippen LogP contribution in [0.1, 0.15) is 31.6 Å². The molecule has 0 aliphatic carbocycles. The highest BCUT2D eigenvalue weighted by Gasteiger charge is 2.07. The van der Waals surface area contributed by atoms with Crippen molar-refractivity contribution in [3.05, 3.63) is 5.82 Å². The Balaban J connectivity index is 2.07. The normalized spacial score (nSPS) is 13.0. The van der Waals surface area contributed by atoms with Crippen molar-refractivity contribution in [2.24, 2.45) is 0 Å². The van der Waals surface area contributed by atoms with Gasteiger partial charge in [0.2, 0.25) is 0 Å². The fraction of sp³-hybridized carbons (Fsp3) is 0.875. The summed E-state index contributed by atoms with van der Waals surface area (Å²) in [6.45, 7) is 3.05. The van der Waals surface area contributed by atoms with Crippen LogP contribution >= 0.6 is 11.8 Å². The second kappa shape index (κ2) is 6.78. The highest BCUT2D eigenvalue weighted by molar-refractivity contribution is 7.98. The van der Waals surface area contributed by atoms with Gasteiger partial charge in [0.05, 0.1) is 6.04 Å². The molecule has 0 aliphatic rings. The van der Waals surface area contributed by atoms with Gasteiger partial charge in [0.1, 0.15) is 0 Å². The Morgan fingerprint density at radius 3 is 3.00 bits per heavy atom. The van der Waals surface area contributed by atoms with Crippen LogP contribution in [0.15, 0.2) is 0 Å². The molecular formula is C8H17N5S. The van der Waals surface area contributed by atoms with E-state index in [4.69, 9.17) is 0 Å². The molecule has 1 heterocycles. The SMILES string of the molecule is CSCCCCNC(C)c1nn[nH]n1. The molecule has 0 bridgehead atoms. The molecule has 5 nitrogen and oxygen atoms in total. The Morgan fingerprint density at radius 1 is 1.50 bits per heavy atom. The van der Waals surface area contributed by atoms with Gasteiger partial charge in [-0.05, 0) is 38.3 Å². The van der Waals surface area contributed by atoms with Crippen LogP contribution in [-0.4, -0.2) is 39.2 Å². The van der Waals surface area contributed by atoms with Gasteiger partial charge in [-0.3, -0.25) is 0 Å². The summed E-state index contributed by atoms with van der Waals surface area (Å²) in [6.07, 6.45) is 4.59. The summed E-state index contributed by atoms with van der Waals surface area (Å²) in [4.78, 5) is 0. The molecule has 1 aromatic rings. The predicted octanol–water partition coefficient (Wildman–Crippen LogP) is 0.993. The zero-order valence-corrected chi connectivity index (χ0v) is 9.47. The third-order valence-corrected chi connectivity index (χ3v) is 2.67. The third-order valence-electron chi connectivity index (χ3n) is 1.97. The van der Waals surface area contributed by atoms with Gasteiger partial charge in [-0.25, -0.2) is 0 Å². The number of tetrazole rings is 1. The maximum Gasteiger partial charge on any atom is 0.191 e. The van der Waals surface area contributed by atoms with Crippen molar-refractivity contribution in [1.82, 2.24) is 25.9 Å². The average molecular weight is 215 g/mol. The fourth-order valence-corrected chi connectivity index (χ4v) is 1.63. The molecule has 0 amide bonds. The molecule has 0 saturated carbocycles. The summed E-state index contributed by atoms with van der Waals surface area (Å²) in [5.74, 6) is 1.97. The largest absolute Gasteiger partial charge is 0.307 e. The van der Waals surface area contributed by atoms with Crippen molar-refractivity contribution in [2.75, 3.05) is 18.6 Å². The van der Waals surface area contributed by atoms with Crippen LogP contribution in [0.2, 0.25) is 0 Å². The molecule has 0 aromatic carbocycles. The van der Waals surface area contributed by atoms with E-state index in [2.05, 4.69) is 32.2 Å². The van der Waals surface area contributed by atoms with E-state index in [1.807, 2.05) is 18.7 Å². The molecule has 80 valence electrons. The minimum Gasteiger partial charge on any atom is -0.307 e. The van der Waals surface area contributed by atoms with Gasteiger partial charge in [-0.1, -0.05) is 5.21 Å². The van der Waals surface area contributed by atoms with Gasteiger partial charge < -0.3 is 5.32 Å². The Kier molecular flexibility index (Phi) is 5.55. The molecule has 6 heteroatoms.